The van der Waals surface area contributed by atoms with Gasteiger partial charge in [0, 0.05) is 26.1 Å². The first-order valence-electron chi connectivity index (χ1n) is 11.6. The van der Waals surface area contributed by atoms with Crippen molar-refractivity contribution in [3.05, 3.63) is 53.6 Å². The van der Waals surface area contributed by atoms with Gasteiger partial charge in [-0.1, -0.05) is 26.0 Å². The van der Waals surface area contributed by atoms with Crippen molar-refractivity contribution < 1.29 is 27.5 Å². The Morgan fingerprint density at radius 2 is 1.83 bits per heavy atom. The molecule has 0 unspecified atom stereocenters. The highest BCUT2D eigenvalue weighted by atomic mass is 32.2. The molecule has 2 N–H and O–H groups in total. The van der Waals surface area contributed by atoms with Gasteiger partial charge < -0.3 is 20.1 Å². The molecule has 0 aliphatic carbocycles. The number of carbonyl (C=O) groups is 2. The fraction of sp³-hybridized carbons (Fsp3) is 0.440. The maximum absolute atomic E-state index is 13.0. The minimum atomic E-state index is -3.67. The first kappa shape index (κ1) is 26.7. The lowest BCUT2D eigenvalue weighted by molar-refractivity contribution is -0.116. The van der Waals surface area contributed by atoms with E-state index in [0.29, 0.717) is 61.3 Å². The van der Waals surface area contributed by atoms with E-state index in [1.807, 2.05) is 13.8 Å². The van der Waals surface area contributed by atoms with Gasteiger partial charge in [-0.05, 0) is 48.2 Å². The molecule has 2 aromatic rings. The first-order valence-corrected chi connectivity index (χ1v) is 13.1. The van der Waals surface area contributed by atoms with Crippen LogP contribution in [-0.2, 0) is 26.0 Å². The largest absolute Gasteiger partial charge is 0.496 e. The maximum Gasteiger partial charge on any atom is 0.253 e. The van der Waals surface area contributed by atoms with E-state index in [1.165, 1.54) is 17.5 Å². The molecule has 0 radical (unpaired) electrons. The summed E-state index contributed by atoms with van der Waals surface area (Å²) in [6.07, 6.45) is 0.350. The van der Waals surface area contributed by atoms with Crippen LogP contribution in [0.3, 0.4) is 0 Å². The second-order valence-electron chi connectivity index (χ2n) is 8.69. The number of rotatable bonds is 10. The van der Waals surface area contributed by atoms with Crippen LogP contribution in [0.1, 0.15) is 36.2 Å². The number of ether oxygens (including phenoxy) is 2. The number of aryl methyl sites for hydroxylation is 1. The van der Waals surface area contributed by atoms with Crippen molar-refractivity contribution in [2.45, 2.75) is 31.6 Å². The SMILES string of the molecule is COc1ccc(S(=O)(=O)N2CCOCC2)cc1CCC(=O)Nc1ccccc1C(=O)NCC(C)C. The van der Waals surface area contributed by atoms with Crippen LogP contribution in [0.25, 0.3) is 0 Å². The first-order chi connectivity index (χ1) is 16.7. The molecule has 0 saturated carbocycles. The number of sulfonamides is 1. The fourth-order valence-corrected chi connectivity index (χ4v) is 5.15. The third-order valence-electron chi connectivity index (χ3n) is 5.60. The normalized spacial score (nSPS) is 14.5. The van der Waals surface area contributed by atoms with Crippen molar-refractivity contribution in [1.82, 2.24) is 9.62 Å². The standard InChI is InChI=1S/C25H33N3O6S/c1-18(2)17-26-25(30)21-6-4-5-7-22(21)27-24(29)11-8-19-16-20(9-10-23(19)33-3)35(31,32)28-12-14-34-15-13-28/h4-7,9-10,16,18H,8,11-15,17H2,1-3H3,(H,26,30)(H,27,29). The van der Waals surface area contributed by atoms with E-state index in [2.05, 4.69) is 10.6 Å². The van der Waals surface area contributed by atoms with E-state index in [1.54, 1.807) is 36.4 Å². The lowest BCUT2D eigenvalue weighted by Gasteiger charge is -2.26. The number of methoxy groups -OCH3 is 1. The number of hydrogen-bond donors (Lipinski definition) is 2. The Morgan fingerprint density at radius 3 is 2.51 bits per heavy atom. The molecule has 9 nitrogen and oxygen atoms in total. The second-order valence-corrected chi connectivity index (χ2v) is 10.6. The molecule has 1 saturated heterocycles. The minimum Gasteiger partial charge on any atom is -0.496 e. The summed E-state index contributed by atoms with van der Waals surface area (Å²) in [6, 6.07) is 11.5. The van der Waals surface area contributed by atoms with Gasteiger partial charge in [-0.3, -0.25) is 9.59 Å². The van der Waals surface area contributed by atoms with Crippen molar-refractivity contribution in [2.24, 2.45) is 5.92 Å². The number of hydrogen-bond acceptors (Lipinski definition) is 6. The molecule has 0 spiro atoms. The quantitative estimate of drug-likeness (QED) is 0.515. The summed E-state index contributed by atoms with van der Waals surface area (Å²) in [4.78, 5) is 25.4. The summed E-state index contributed by atoms with van der Waals surface area (Å²) in [5.41, 5.74) is 1.42. The van der Waals surface area contributed by atoms with Crippen LogP contribution in [0.2, 0.25) is 0 Å². The van der Waals surface area contributed by atoms with Crippen molar-refractivity contribution in [1.29, 1.82) is 0 Å². The fourth-order valence-electron chi connectivity index (χ4n) is 3.69. The highest BCUT2D eigenvalue weighted by Crippen LogP contribution is 2.26. The molecule has 10 heteroatoms. The van der Waals surface area contributed by atoms with Gasteiger partial charge in [0.25, 0.3) is 5.91 Å². The van der Waals surface area contributed by atoms with E-state index in [-0.39, 0.29) is 29.6 Å². The van der Waals surface area contributed by atoms with Crippen LogP contribution in [0.15, 0.2) is 47.4 Å². The summed E-state index contributed by atoms with van der Waals surface area (Å²) in [7, 11) is -2.17. The topological polar surface area (TPSA) is 114 Å². The molecule has 1 heterocycles. The van der Waals surface area contributed by atoms with Crippen molar-refractivity contribution >= 4 is 27.5 Å². The van der Waals surface area contributed by atoms with Gasteiger partial charge in [0.15, 0.2) is 0 Å². The molecule has 0 aromatic heterocycles. The van der Waals surface area contributed by atoms with Crippen LogP contribution in [-0.4, -0.2) is 64.5 Å². The number of carbonyl (C=O) groups excluding carboxylic acids is 2. The number of benzene rings is 2. The number of nitrogens with zero attached hydrogens (tertiary/aromatic N) is 1. The number of para-hydroxylation sites is 1. The number of nitrogens with one attached hydrogen (secondary N) is 2. The Kier molecular flexibility index (Phi) is 9.25. The third kappa shape index (κ3) is 7.03. The van der Waals surface area contributed by atoms with E-state index < -0.39 is 10.0 Å². The van der Waals surface area contributed by atoms with Gasteiger partial charge in [-0.2, -0.15) is 4.31 Å². The lowest BCUT2D eigenvalue weighted by atomic mass is 10.1. The van der Waals surface area contributed by atoms with Gasteiger partial charge in [-0.15, -0.1) is 0 Å². The Labute approximate surface area is 206 Å². The average Bonchev–Trinajstić information content (AvgIpc) is 2.86. The van der Waals surface area contributed by atoms with Crippen molar-refractivity contribution in [3.8, 4) is 5.75 Å². The summed E-state index contributed by atoms with van der Waals surface area (Å²) in [5.74, 6) is 0.264. The second kappa shape index (κ2) is 12.1. The Bertz CT molecular complexity index is 1140. The highest BCUT2D eigenvalue weighted by molar-refractivity contribution is 7.89. The van der Waals surface area contributed by atoms with Gasteiger partial charge in [0.1, 0.15) is 5.75 Å². The van der Waals surface area contributed by atoms with Crippen LogP contribution in [0.4, 0.5) is 5.69 Å². The molecule has 35 heavy (non-hydrogen) atoms. The van der Waals surface area contributed by atoms with Crippen molar-refractivity contribution in [2.75, 3.05) is 45.3 Å². The Balaban J connectivity index is 1.70. The summed E-state index contributed by atoms with van der Waals surface area (Å²) >= 11 is 0. The van der Waals surface area contributed by atoms with E-state index in [4.69, 9.17) is 9.47 Å². The zero-order chi connectivity index (χ0) is 25.4. The van der Waals surface area contributed by atoms with E-state index >= 15 is 0 Å². The molecular formula is C25H33N3O6S. The Morgan fingerprint density at radius 1 is 1.11 bits per heavy atom. The lowest BCUT2D eigenvalue weighted by Crippen LogP contribution is -2.40. The third-order valence-corrected chi connectivity index (χ3v) is 7.49. The van der Waals surface area contributed by atoms with Crippen LogP contribution in [0.5, 0.6) is 5.75 Å². The van der Waals surface area contributed by atoms with Gasteiger partial charge >= 0.3 is 0 Å². The molecule has 1 aliphatic rings. The monoisotopic (exact) mass is 503 g/mol. The highest BCUT2D eigenvalue weighted by Gasteiger charge is 2.27. The van der Waals surface area contributed by atoms with Crippen LogP contribution < -0.4 is 15.4 Å². The molecule has 2 amide bonds. The predicted octanol–water partition coefficient (Wildman–Crippen LogP) is 2.67. The molecule has 3 rings (SSSR count). The molecule has 0 atom stereocenters. The van der Waals surface area contributed by atoms with Gasteiger partial charge in [0.2, 0.25) is 15.9 Å². The summed E-state index contributed by atoms with van der Waals surface area (Å²) < 4.78 is 38.1. The molecule has 1 fully saturated rings. The molecule has 1 aliphatic heterocycles. The van der Waals surface area contributed by atoms with Gasteiger partial charge in [0.05, 0.1) is 36.5 Å². The Hall–Kier alpha value is -2.95. The molecular weight excluding hydrogens is 470 g/mol. The zero-order valence-corrected chi connectivity index (χ0v) is 21.2. The minimum absolute atomic E-state index is 0.0827. The molecule has 190 valence electrons. The molecule has 2 aromatic carbocycles. The molecule has 0 bridgehead atoms. The van der Waals surface area contributed by atoms with E-state index in [0.717, 1.165) is 0 Å². The van der Waals surface area contributed by atoms with Crippen LogP contribution in [0, 0.1) is 5.92 Å². The average molecular weight is 504 g/mol. The summed E-state index contributed by atoms with van der Waals surface area (Å²) in [6.45, 7) is 5.86. The number of anilines is 1. The van der Waals surface area contributed by atoms with Crippen molar-refractivity contribution in [3.63, 3.8) is 0 Å². The zero-order valence-electron chi connectivity index (χ0n) is 20.4. The van der Waals surface area contributed by atoms with Crippen LogP contribution >= 0.6 is 0 Å². The smallest absolute Gasteiger partial charge is 0.253 e. The van der Waals surface area contributed by atoms with E-state index in [9.17, 15) is 18.0 Å². The number of amides is 2. The summed E-state index contributed by atoms with van der Waals surface area (Å²) in [5, 5.41) is 5.66. The number of morpholine rings is 1. The van der Waals surface area contributed by atoms with Gasteiger partial charge in [-0.25, -0.2) is 8.42 Å². The maximum atomic E-state index is 13.0. The predicted molar refractivity (Wildman–Crippen MR) is 133 cm³/mol.